The van der Waals surface area contributed by atoms with Crippen LogP contribution in [-0.2, 0) is 9.53 Å². The van der Waals surface area contributed by atoms with E-state index >= 15 is 0 Å². The van der Waals surface area contributed by atoms with Gasteiger partial charge in [0.2, 0.25) is 0 Å². The van der Waals surface area contributed by atoms with Crippen molar-refractivity contribution >= 4 is 11.5 Å². The second-order valence-electron chi connectivity index (χ2n) is 12.7. The fourth-order valence-corrected chi connectivity index (χ4v) is 9.42. The molecule has 4 saturated carbocycles. The number of aliphatic hydroxyl groups is 1. The van der Waals surface area contributed by atoms with Crippen LogP contribution in [0.4, 0.5) is 5.69 Å². The van der Waals surface area contributed by atoms with E-state index in [9.17, 15) is 9.90 Å². The Labute approximate surface area is 206 Å². The molecule has 1 aromatic carbocycles. The average Bonchev–Trinajstić information content (AvgIpc) is 3.19. The largest absolute Gasteiger partial charge is 0.390 e. The van der Waals surface area contributed by atoms with E-state index in [0.29, 0.717) is 29.6 Å². The molecule has 0 heterocycles. The Morgan fingerprint density at radius 3 is 2.59 bits per heavy atom. The quantitative estimate of drug-likeness (QED) is 0.509. The average molecular weight is 468 g/mol. The number of benzene rings is 1. The second-order valence-corrected chi connectivity index (χ2v) is 12.7. The molecule has 0 spiro atoms. The van der Waals surface area contributed by atoms with Gasteiger partial charge in [0.25, 0.3) is 0 Å². The maximum absolute atomic E-state index is 13.4. The van der Waals surface area contributed by atoms with Crippen LogP contribution in [-0.4, -0.2) is 36.8 Å². The third-order valence-electron chi connectivity index (χ3n) is 11.1. The zero-order chi connectivity index (χ0) is 24.0. The van der Waals surface area contributed by atoms with E-state index in [1.54, 1.807) is 0 Å². The number of fused-ring (bicyclic) bond motifs is 5. The number of anilines is 1. The fraction of sp³-hybridized carbons (Fsp3) is 0.767. The number of para-hydroxylation sites is 1. The molecule has 0 aromatic heterocycles. The summed E-state index contributed by atoms with van der Waals surface area (Å²) in [6.07, 6.45) is 11.4. The van der Waals surface area contributed by atoms with Gasteiger partial charge in [-0.3, -0.25) is 4.79 Å². The standard InChI is InChI=1S/C30H45NO3/c1-28(33)15-16-30(17-18-34-3)21(19-28)9-10-23-24-11-12-26(29(24,2)14-13-25(23)30)27(32)20-31-22-7-5-4-6-8-22/h4-8,21,23-26,31,33H,9-20H2,1-3H3/t21-,23+,24+,25+,26-,28-,29+,30-/m1/s1. The molecule has 2 N–H and O–H groups in total. The number of carbonyl (C=O) groups excluding carboxylic acids is 1. The summed E-state index contributed by atoms with van der Waals surface area (Å²) in [5.74, 6) is 3.34. The van der Waals surface area contributed by atoms with Crippen molar-refractivity contribution in [3.8, 4) is 0 Å². The first-order valence-electron chi connectivity index (χ1n) is 13.8. The topological polar surface area (TPSA) is 58.6 Å². The van der Waals surface area contributed by atoms with Crippen molar-refractivity contribution in [3.63, 3.8) is 0 Å². The lowest BCUT2D eigenvalue weighted by molar-refractivity contribution is -0.163. The summed E-state index contributed by atoms with van der Waals surface area (Å²) < 4.78 is 5.62. The number of rotatable bonds is 7. The van der Waals surface area contributed by atoms with Gasteiger partial charge in [-0.25, -0.2) is 0 Å². The van der Waals surface area contributed by atoms with Gasteiger partial charge in [0, 0.05) is 25.3 Å². The number of nitrogens with one attached hydrogen (secondary N) is 1. The summed E-state index contributed by atoms with van der Waals surface area (Å²) >= 11 is 0. The summed E-state index contributed by atoms with van der Waals surface area (Å²) in [4.78, 5) is 13.4. The third-order valence-corrected chi connectivity index (χ3v) is 11.1. The van der Waals surface area contributed by atoms with Crippen LogP contribution in [0.3, 0.4) is 0 Å². The first-order chi connectivity index (χ1) is 16.3. The van der Waals surface area contributed by atoms with E-state index in [4.69, 9.17) is 4.74 Å². The van der Waals surface area contributed by atoms with Gasteiger partial charge < -0.3 is 15.2 Å². The van der Waals surface area contributed by atoms with Gasteiger partial charge in [0.1, 0.15) is 0 Å². The maximum Gasteiger partial charge on any atom is 0.155 e. The smallest absolute Gasteiger partial charge is 0.155 e. The van der Waals surface area contributed by atoms with Crippen LogP contribution in [0.25, 0.3) is 0 Å². The van der Waals surface area contributed by atoms with Crippen LogP contribution < -0.4 is 5.32 Å². The Bertz CT molecular complexity index is 869. The molecule has 0 bridgehead atoms. The molecule has 8 atom stereocenters. The number of carbonyl (C=O) groups is 1. The van der Waals surface area contributed by atoms with E-state index in [2.05, 4.69) is 12.2 Å². The molecule has 0 unspecified atom stereocenters. The van der Waals surface area contributed by atoms with Gasteiger partial charge in [-0.1, -0.05) is 25.1 Å². The van der Waals surface area contributed by atoms with Crippen molar-refractivity contribution < 1.29 is 14.6 Å². The number of hydrogen-bond acceptors (Lipinski definition) is 4. The Hall–Kier alpha value is -1.39. The van der Waals surface area contributed by atoms with E-state index < -0.39 is 5.60 Å². The van der Waals surface area contributed by atoms with Crippen LogP contribution in [0.2, 0.25) is 0 Å². The van der Waals surface area contributed by atoms with E-state index in [0.717, 1.165) is 56.2 Å². The van der Waals surface area contributed by atoms with Gasteiger partial charge in [0.05, 0.1) is 12.1 Å². The van der Waals surface area contributed by atoms with Gasteiger partial charge in [0.15, 0.2) is 5.78 Å². The van der Waals surface area contributed by atoms with Gasteiger partial charge in [-0.15, -0.1) is 0 Å². The van der Waals surface area contributed by atoms with E-state index in [1.165, 1.54) is 32.1 Å². The summed E-state index contributed by atoms with van der Waals surface area (Å²) in [7, 11) is 1.83. The molecule has 0 amide bonds. The Balaban J connectivity index is 1.33. The number of ketones is 1. The molecule has 5 rings (SSSR count). The molecule has 4 heteroatoms. The maximum atomic E-state index is 13.4. The van der Waals surface area contributed by atoms with Crippen molar-refractivity contribution in [1.82, 2.24) is 0 Å². The Morgan fingerprint density at radius 1 is 1.03 bits per heavy atom. The number of ether oxygens (including phenoxy) is 1. The first kappa shape index (κ1) is 24.3. The molecular weight excluding hydrogens is 422 g/mol. The lowest BCUT2D eigenvalue weighted by Crippen LogP contribution is -2.57. The fourth-order valence-electron chi connectivity index (χ4n) is 9.42. The zero-order valence-corrected chi connectivity index (χ0v) is 21.5. The van der Waals surface area contributed by atoms with Gasteiger partial charge in [-0.05, 0) is 118 Å². The van der Waals surface area contributed by atoms with Crippen molar-refractivity contribution in [2.75, 3.05) is 25.6 Å². The lowest BCUT2D eigenvalue weighted by Gasteiger charge is -2.63. The van der Waals surface area contributed by atoms with Crippen molar-refractivity contribution in [3.05, 3.63) is 30.3 Å². The summed E-state index contributed by atoms with van der Waals surface area (Å²) in [5.41, 5.74) is 0.991. The minimum atomic E-state index is -0.506. The van der Waals surface area contributed by atoms with Crippen LogP contribution in [0, 0.1) is 40.4 Å². The molecule has 4 aliphatic rings. The lowest BCUT2D eigenvalue weighted by atomic mass is 9.42. The van der Waals surface area contributed by atoms with Gasteiger partial charge in [-0.2, -0.15) is 0 Å². The highest BCUT2D eigenvalue weighted by Crippen LogP contribution is 2.69. The predicted octanol–water partition coefficient (Wildman–Crippen LogP) is 6.09. The molecule has 34 heavy (non-hydrogen) atoms. The van der Waals surface area contributed by atoms with Crippen LogP contribution >= 0.6 is 0 Å². The molecule has 188 valence electrons. The number of Topliss-reactive ketones (excluding diaryl/α,β-unsaturated/α-hetero) is 1. The monoisotopic (exact) mass is 467 g/mol. The number of hydrogen-bond donors (Lipinski definition) is 2. The Morgan fingerprint density at radius 2 is 1.82 bits per heavy atom. The molecule has 0 aliphatic heterocycles. The third kappa shape index (κ3) is 4.13. The van der Waals surface area contributed by atoms with Crippen LogP contribution in [0.5, 0.6) is 0 Å². The summed E-state index contributed by atoms with van der Waals surface area (Å²) in [5, 5.41) is 14.3. The Kier molecular flexibility index (Phi) is 6.61. The van der Waals surface area contributed by atoms with Crippen molar-refractivity contribution in [2.24, 2.45) is 40.4 Å². The molecule has 0 radical (unpaired) electrons. The van der Waals surface area contributed by atoms with Crippen LogP contribution in [0.1, 0.15) is 78.1 Å². The molecule has 0 saturated heterocycles. The zero-order valence-electron chi connectivity index (χ0n) is 21.5. The second kappa shape index (κ2) is 9.24. The highest BCUT2D eigenvalue weighted by atomic mass is 16.5. The summed E-state index contributed by atoms with van der Waals surface area (Å²) in [6.45, 7) is 5.77. The van der Waals surface area contributed by atoms with Crippen molar-refractivity contribution in [1.29, 1.82) is 0 Å². The highest BCUT2D eigenvalue weighted by Gasteiger charge is 2.62. The van der Waals surface area contributed by atoms with Crippen molar-refractivity contribution in [2.45, 2.75) is 83.7 Å². The normalized spacial score (nSPS) is 43.5. The minimum absolute atomic E-state index is 0.145. The minimum Gasteiger partial charge on any atom is -0.390 e. The van der Waals surface area contributed by atoms with Gasteiger partial charge >= 0.3 is 0 Å². The number of methoxy groups -OCH3 is 1. The SMILES string of the molecule is COCC[C@]12CC[C@@](C)(O)C[C@H]1CC[C@H]1[C@@H]3CC[C@H](C(=O)CNc4ccccc4)[C@@]3(C)CC[C@@H]12. The predicted molar refractivity (Wildman–Crippen MR) is 137 cm³/mol. The molecule has 1 aromatic rings. The van der Waals surface area contributed by atoms with E-state index in [1.807, 2.05) is 44.4 Å². The highest BCUT2D eigenvalue weighted by molar-refractivity contribution is 5.86. The molecule has 4 aliphatic carbocycles. The summed E-state index contributed by atoms with van der Waals surface area (Å²) in [6, 6.07) is 10.1. The molecular formula is C30H45NO3. The van der Waals surface area contributed by atoms with Crippen LogP contribution in [0.15, 0.2) is 30.3 Å². The first-order valence-corrected chi connectivity index (χ1v) is 13.8. The molecule has 4 fully saturated rings. The van der Waals surface area contributed by atoms with E-state index in [-0.39, 0.29) is 11.3 Å². The molecule has 4 nitrogen and oxygen atoms in total.